The van der Waals surface area contributed by atoms with Crippen molar-refractivity contribution in [2.24, 2.45) is 7.05 Å². The van der Waals surface area contributed by atoms with Crippen LogP contribution in [0.1, 0.15) is 65.0 Å². The largest absolute Gasteiger partial charge is 0.345 e. The standard InChI is InChI=1S/C20H21N5O2/c1-25-11-15(10-21-25)19(26)22-17-8-6-13-9-14(5-7-16(13)17)18-23-20(27-24-18)12-3-2-4-12/h5,7,9-12,17H,2-4,6,8H2,1H3,(H,22,26). The van der Waals surface area contributed by atoms with Gasteiger partial charge in [-0.1, -0.05) is 23.7 Å². The first-order valence-corrected chi connectivity index (χ1v) is 9.43. The molecule has 138 valence electrons. The minimum absolute atomic E-state index is 0.0255. The minimum Gasteiger partial charge on any atom is -0.345 e. The summed E-state index contributed by atoms with van der Waals surface area (Å²) in [7, 11) is 1.80. The molecule has 1 atom stereocenters. The van der Waals surface area contributed by atoms with E-state index >= 15 is 0 Å². The highest BCUT2D eigenvalue weighted by Crippen LogP contribution is 2.37. The first-order chi connectivity index (χ1) is 13.2. The molecule has 27 heavy (non-hydrogen) atoms. The maximum Gasteiger partial charge on any atom is 0.254 e. The van der Waals surface area contributed by atoms with E-state index in [4.69, 9.17) is 4.52 Å². The third-order valence-electron chi connectivity index (χ3n) is 5.65. The summed E-state index contributed by atoms with van der Waals surface area (Å²) < 4.78 is 7.07. The number of carbonyl (C=O) groups excluding carboxylic acids is 1. The smallest absolute Gasteiger partial charge is 0.254 e. The van der Waals surface area contributed by atoms with Gasteiger partial charge in [-0.25, -0.2) is 0 Å². The average molecular weight is 363 g/mol. The molecule has 2 aromatic heterocycles. The van der Waals surface area contributed by atoms with Gasteiger partial charge in [0.2, 0.25) is 11.7 Å². The van der Waals surface area contributed by atoms with Gasteiger partial charge in [0, 0.05) is 24.7 Å². The Morgan fingerprint density at radius 3 is 2.93 bits per heavy atom. The third kappa shape index (κ3) is 2.93. The molecule has 1 N–H and O–H groups in total. The predicted octanol–water partition coefficient (Wildman–Crippen LogP) is 3.15. The molecule has 1 aromatic carbocycles. The fourth-order valence-corrected chi connectivity index (χ4v) is 3.86. The zero-order valence-electron chi connectivity index (χ0n) is 15.2. The molecule has 2 aliphatic rings. The van der Waals surface area contributed by atoms with E-state index in [1.54, 1.807) is 24.1 Å². The Hall–Kier alpha value is -2.96. The number of aryl methyl sites for hydroxylation is 2. The van der Waals surface area contributed by atoms with Crippen LogP contribution in [-0.2, 0) is 13.5 Å². The molecule has 0 spiro atoms. The number of amides is 1. The van der Waals surface area contributed by atoms with Crippen LogP contribution in [0.2, 0.25) is 0 Å². The number of aromatic nitrogens is 4. The fraction of sp³-hybridized carbons (Fsp3) is 0.400. The van der Waals surface area contributed by atoms with Gasteiger partial charge in [0.1, 0.15) is 0 Å². The van der Waals surface area contributed by atoms with Crippen molar-refractivity contribution in [3.63, 3.8) is 0 Å². The highest BCUT2D eigenvalue weighted by molar-refractivity contribution is 5.94. The van der Waals surface area contributed by atoms with Crippen LogP contribution in [0.4, 0.5) is 0 Å². The molecule has 0 aliphatic heterocycles. The van der Waals surface area contributed by atoms with Crippen molar-refractivity contribution in [3.05, 3.63) is 53.2 Å². The van der Waals surface area contributed by atoms with Crippen molar-refractivity contribution in [3.8, 4) is 11.4 Å². The van der Waals surface area contributed by atoms with Crippen molar-refractivity contribution in [1.82, 2.24) is 25.2 Å². The van der Waals surface area contributed by atoms with Crippen LogP contribution in [0.15, 0.2) is 35.1 Å². The van der Waals surface area contributed by atoms with E-state index in [0.717, 1.165) is 37.1 Å². The number of carbonyl (C=O) groups is 1. The lowest BCUT2D eigenvalue weighted by Crippen LogP contribution is -2.26. The first-order valence-electron chi connectivity index (χ1n) is 9.43. The number of hydrogen-bond acceptors (Lipinski definition) is 5. The molecule has 2 heterocycles. The molecule has 7 heteroatoms. The van der Waals surface area contributed by atoms with Gasteiger partial charge in [0.05, 0.1) is 17.8 Å². The molecule has 5 rings (SSSR count). The van der Waals surface area contributed by atoms with Crippen molar-refractivity contribution < 1.29 is 9.32 Å². The Balaban J connectivity index is 1.34. The van der Waals surface area contributed by atoms with Gasteiger partial charge in [-0.15, -0.1) is 0 Å². The molecule has 0 bridgehead atoms. The number of fused-ring (bicyclic) bond motifs is 1. The van der Waals surface area contributed by atoms with Gasteiger partial charge in [0.15, 0.2) is 0 Å². The van der Waals surface area contributed by atoms with Crippen molar-refractivity contribution in [1.29, 1.82) is 0 Å². The Labute approximate surface area is 156 Å². The topological polar surface area (TPSA) is 85.8 Å². The van der Waals surface area contributed by atoms with Crippen LogP contribution in [0.25, 0.3) is 11.4 Å². The quantitative estimate of drug-likeness (QED) is 0.769. The van der Waals surface area contributed by atoms with E-state index in [2.05, 4.69) is 32.7 Å². The second kappa shape index (κ2) is 6.33. The van der Waals surface area contributed by atoms with Crippen LogP contribution < -0.4 is 5.32 Å². The summed E-state index contributed by atoms with van der Waals surface area (Å²) in [5, 5.41) is 11.3. The predicted molar refractivity (Wildman–Crippen MR) is 98.1 cm³/mol. The van der Waals surface area contributed by atoms with Gasteiger partial charge in [-0.05, 0) is 42.9 Å². The Kier molecular flexibility index (Phi) is 3.81. The summed E-state index contributed by atoms with van der Waals surface area (Å²) in [5.41, 5.74) is 3.96. The lowest BCUT2D eigenvalue weighted by Gasteiger charge is -2.20. The summed E-state index contributed by atoms with van der Waals surface area (Å²) >= 11 is 0. The first kappa shape index (κ1) is 16.2. The van der Waals surface area contributed by atoms with Crippen molar-refractivity contribution in [2.45, 2.75) is 44.1 Å². The molecule has 2 aliphatic carbocycles. The summed E-state index contributed by atoms with van der Waals surface area (Å²) in [4.78, 5) is 17.0. The summed E-state index contributed by atoms with van der Waals surface area (Å²) in [6.07, 6.45) is 8.66. The Morgan fingerprint density at radius 1 is 1.30 bits per heavy atom. The molecule has 1 saturated carbocycles. The monoisotopic (exact) mass is 363 g/mol. The highest BCUT2D eigenvalue weighted by atomic mass is 16.5. The van der Waals surface area contributed by atoms with E-state index in [1.165, 1.54) is 17.5 Å². The normalized spacial score (nSPS) is 18.9. The Morgan fingerprint density at radius 2 is 2.19 bits per heavy atom. The van der Waals surface area contributed by atoms with Crippen molar-refractivity contribution in [2.75, 3.05) is 0 Å². The zero-order chi connectivity index (χ0) is 18.4. The van der Waals surface area contributed by atoms with Crippen LogP contribution in [0.3, 0.4) is 0 Å². The lowest BCUT2D eigenvalue weighted by atomic mass is 9.85. The lowest BCUT2D eigenvalue weighted by molar-refractivity contribution is 0.0936. The average Bonchev–Trinajstić information content (AvgIpc) is 3.34. The number of nitrogens with one attached hydrogen (secondary N) is 1. The molecule has 3 aromatic rings. The molecular formula is C20H21N5O2. The molecule has 1 amide bonds. The van der Waals surface area contributed by atoms with E-state index in [9.17, 15) is 4.79 Å². The zero-order valence-corrected chi connectivity index (χ0v) is 15.2. The summed E-state index contributed by atoms with van der Waals surface area (Å²) in [6, 6.07) is 6.24. The van der Waals surface area contributed by atoms with Gasteiger partial charge in [-0.3, -0.25) is 9.48 Å². The van der Waals surface area contributed by atoms with Crippen LogP contribution >= 0.6 is 0 Å². The molecule has 0 saturated heterocycles. The summed E-state index contributed by atoms with van der Waals surface area (Å²) in [5.74, 6) is 1.77. The minimum atomic E-state index is -0.0895. The molecule has 1 fully saturated rings. The van der Waals surface area contributed by atoms with Crippen LogP contribution in [0.5, 0.6) is 0 Å². The summed E-state index contributed by atoms with van der Waals surface area (Å²) in [6.45, 7) is 0. The van der Waals surface area contributed by atoms with Gasteiger partial charge in [-0.2, -0.15) is 10.1 Å². The van der Waals surface area contributed by atoms with E-state index < -0.39 is 0 Å². The third-order valence-corrected chi connectivity index (χ3v) is 5.65. The van der Waals surface area contributed by atoms with Gasteiger partial charge < -0.3 is 9.84 Å². The maximum atomic E-state index is 12.4. The van der Waals surface area contributed by atoms with E-state index in [-0.39, 0.29) is 11.9 Å². The van der Waals surface area contributed by atoms with Crippen molar-refractivity contribution >= 4 is 5.91 Å². The van der Waals surface area contributed by atoms with Crippen LogP contribution in [0, 0.1) is 0 Å². The second-order valence-corrected chi connectivity index (χ2v) is 7.47. The molecular weight excluding hydrogens is 342 g/mol. The number of rotatable bonds is 4. The maximum absolute atomic E-state index is 12.4. The molecule has 7 nitrogen and oxygen atoms in total. The fourth-order valence-electron chi connectivity index (χ4n) is 3.86. The number of benzene rings is 1. The van der Waals surface area contributed by atoms with E-state index in [0.29, 0.717) is 17.3 Å². The number of hydrogen-bond donors (Lipinski definition) is 1. The molecule has 0 radical (unpaired) electrons. The highest BCUT2D eigenvalue weighted by Gasteiger charge is 2.27. The number of nitrogens with zero attached hydrogens (tertiary/aromatic N) is 4. The SMILES string of the molecule is Cn1cc(C(=O)NC2CCc3cc(-c4noc(C5CCC5)n4)ccc32)cn1. The second-order valence-electron chi connectivity index (χ2n) is 7.47. The van der Waals surface area contributed by atoms with Gasteiger partial charge in [0.25, 0.3) is 5.91 Å². The van der Waals surface area contributed by atoms with E-state index in [1.807, 2.05) is 6.07 Å². The molecule has 1 unspecified atom stereocenters. The Bertz CT molecular complexity index is 1000. The van der Waals surface area contributed by atoms with Crippen LogP contribution in [-0.4, -0.2) is 25.8 Å². The van der Waals surface area contributed by atoms with Gasteiger partial charge >= 0.3 is 0 Å².